The number of nitrogens with zero attached hydrogens (tertiary/aromatic N) is 1. The zero-order valence-electron chi connectivity index (χ0n) is 19.9. The second kappa shape index (κ2) is 14.0. The van der Waals surface area contributed by atoms with Crippen molar-refractivity contribution in [2.75, 3.05) is 13.2 Å². The van der Waals surface area contributed by atoms with E-state index in [1.54, 1.807) is 0 Å². The van der Waals surface area contributed by atoms with Gasteiger partial charge in [0.15, 0.2) is 12.6 Å². The zero-order valence-corrected chi connectivity index (χ0v) is 21.7. The van der Waals surface area contributed by atoms with Gasteiger partial charge in [0.1, 0.15) is 43.3 Å². The first-order chi connectivity index (χ1) is 18.1. The van der Waals surface area contributed by atoms with E-state index in [1.807, 2.05) is 4.98 Å². The highest BCUT2D eigenvalue weighted by Crippen LogP contribution is 2.61. The fourth-order valence-corrected chi connectivity index (χ4v) is 5.23. The summed E-state index contributed by atoms with van der Waals surface area (Å²) >= 11 is 0. The maximum Gasteiger partial charge on any atom is 0.483 e. The fraction of sp³-hybridized carbons (Fsp3) is 0.647. The van der Waals surface area contributed by atoms with Crippen molar-refractivity contribution in [3.8, 4) is 0 Å². The minimum atomic E-state index is -5.67. The van der Waals surface area contributed by atoms with Crippen LogP contribution in [0.15, 0.2) is 21.9 Å². The third kappa shape index (κ3) is 9.76. The van der Waals surface area contributed by atoms with Gasteiger partial charge >= 0.3 is 21.3 Å². The number of aliphatic hydroxyl groups excluding tert-OH is 4. The minimum absolute atomic E-state index is 0.0191. The lowest BCUT2D eigenvalue weighted by molar-refractivity contribution is -0.232. The van der Waals surface area contributed by atoms with E-state index >= 15 is 0 Å². The first-order valence-electron chi connectivity index (χ1n) is 10.7. The molecular weight excluding hydrogens is 580 g/mol. The van der Waals surface area contributed by atoms with Crippen LogP contribution in [0.25, 0.3) is 0 Å². The third-order valence-electron chi connectivity index (χ3n) is 4.93. The molecule has 1 aromatic heterocycles. The van der Waals surface area contributed by atoms with Gasteiger partial charge in [-0.25, -0.2) is 13.9 Å². The van der Waals surface area contributed by atoms with E-state index < -0.39 is 95.6 Å². The van der Waals surface area contributed by atoms with Gasteiger partial charge in [0, 0.05) is 19.2 Å². The van der Waals surface area contributed by atoms with E-state index in [2.05, 4.69) is 18.7 Å². The van der Waals surface area contributed by atoms with Crippen LogP contribution in [-0.4, -0.2) is 108 Å². The van der Waals surface area contributed by atoms with Gasteiger partial charge in [-0.2, -0.15) is 4.31 Å². The van der Waals surface area contributed by atoms with Crippen LogP contribution in [0.3, 0.4) is 0 Å². The van der Waals surface area contributed by atoms with Crippen molar-refractivity contribution in [3.05, 3.63) is 33.1 Å². The number of aromatic amines is 1. The molecule has 1 aromatic rings. The van der Waals surface area contributed by atoms with E-state index in [-0.39, 0.29) is 6.29 Å². The Balaban J connectivity index is 2.08. The number of aliphatic hydroxyl groups is 4. The van der Waals surface area contributed by atoms with Crippen LogP contribution in [0.1, 0.15) is 6.92 Å². The van der Waals surface area contributed by atoms with Crippen LogP contribution in [0, 0.1) is 0 Å². The van der Waals surface area contributed by atoms with Gasteiger partial charge in [0.05, 0.1) is 13.2 Å². The topological polar surface area (TPSA) is 303 Å². The predicted octanol–water partition coefficient (Wildman–Crippen LogP) is -4.37. The fourth-order valence-electron chi connectivity index (χ4n) is 3.06. The monoisotopic (exact) mass is 607 g/mol. The largest absolute Gasteiger partial charge is 0.483 e. The summed E-state index contributed by atoms with van der Waals surface area (Å²) in [6.45, 7) is -1.70. The summed E-state index contributed by atoms with van der Waals surface area (Å²) < 4.78 is 48.9. The Morgan fingerprint density at radius 1 is 1.26 bits per heavy atom. The molecule has 2 heterocycles. The second-order valence-corrected chi connectivity index (χ2v) is 10.9. The molecule has 1 aliphatic heterocycles. The lowest BCUT2D eigenvalue weighted by Crippen LogP contribution is -2.64. The van der Waals surface area contributed by atoms with E-state index in [9.17, 15) is 58.5 Å². The molecule has 222 valence electrons. The molecule has 0 aromatic carbocycles. The van der Waals surface area contributed by atoms with Crippen LogP contribution in [0.4, 0.5) is 0 Å². The van der Waals surface area contributed by atoms with Gasteiger partial charge < -0.3 is 49.8 Å². The number of H-pyrrole nitrogens is 1. The van der Waals surface area contributed by atoms with E-state index in [0.717, 1.165) is 23.8 Å². The Morgan fingerprint density at radius 2 is 1.92 bits per heavy atom. The molecule has 0 bridgehead atoms. The third-order valence-corrected chi connectivity index (χ3v) is 7.53. The molecular formula is C17H27N3O17P2. The molecule has 8 N–H and O–H groups in total. The Labute approximate surface area is 217 Å². The van der Waals surface area contributed by atoms with Crippen LogP contribution in [0.5, 0.6) is 0 Å². The summed E-state index contributed by atoms with van der Waals surface area (Å²) in [6, 6.07) is -0.776. The number of carbonyl (C=O) groups excluding carboxylic acids is 2. The number of aldehydes is 1. The highest BCUT2D eigenvalue weighted by atomic mass is 31.3. The first kappa shape index (κ1) is 33.0. The standard InChI is InChI=1S/C17H27N3O17P2/c1-8(23)18-13-15(27)14(26)10(5-22)35-16(13)36-39(31,32)37-38(29,30)34-6-11(9(24)4-21)33-7-20-3-2-12(25)19-17(20)28/h2-3,5,9-11,13-16,21,24,26-27H,4,6-7H2,1H3,(H,18,23)(H,29,30)(H,31,32)(H,19,25,28)/t9-,10?,11-,13?,14-,15-,16-/m1/s1. The normalized spacial score (nSPS) is 28.0. The number of rotatable bonds is 14. The number of hydrogen-bond acceptors (Lipinski definition) is 15. The predicted molar refractivity (Wildman–Crippen MR) is 121 cm³/mol. The molecule has 0 radical (unpaired) electrons. The minimum Gasteiger partial charge on any atom is -0.394 e. The maximum absolute atomic E-state index is 12.4. The number of amides is 1. The van der Waals surface area contributed by atoms with E-state index in [0.29, 0.717) is 0 Å². The van der Waals surface area contributed by atoms with Crippen LogP contribution < -0.4 is 16.6 Å². The number of carbonyl (C=O) groups is 2. The molecule has 1 amide bonds. The van der Waals surface area contributed by atoms with Gasteiger partial charge in [-0.3, -0.25) is 28.2 Å². The summed E-state index contributed by atoms with van der Waals surface area (Å²) in [4.78, 5) is 67.1. The number of ether oxygens (including phenoxy) is 2. The number of phosphoric acid groups is 2. The molecule has 0 saturated carbocycles. The summed E-state index contributed by atoms with van der Waals surface area (Å²) in [6.07, 6.45) is -10.1. The van der Waals surface area contributed by atoms with Crippen LogP contribution >= 0.6 is 15.6 Å². The number of aromatic nitrogens is 2. The number of nitrogens with one attached hydrogen (secondary N) is 2. The van der Waals surface area contributed by atoms with Crippen molar-refractivity contribution in [1.82, 2.24) is 14.9 Å². The average Bonchev–Trinajstić information content (AvgIpc) is 2.83. The summed E-state index contributed by atoms with van der Waals surface area (Å²) in [5.74, 6) is -0.824. The highest BCUT2D eigenvalue weighted by Gasteiger charge is 2.49. The molecule has 0 aliphatic carbocycles. The molecule has 2 unspecified atom stereocenters. The van der Waals surface area contributed by atoms with Gasteiger partial charge in [0.25, 0.3) is 5.56 Å². The Hall–Kier alpha value is -2.16. The Bertz CT molecular complexity index is 1210. The van der Waals surface area contributed by atoms with Crippen molar-refractivity contribution >= 4 is 27.8 Å². The second-order valence-electron chi connectivity index (χ2n) is 7.90. The van der Waals surface area contributed by atoms with Crippen molar-refractivity contribution in [1.29, 1.82) is 0 Å². The van der Waals surface area contributed by atoms with E-state index in [1.165, 1.54) is 0 Å². The molecule has 22 heteroatoms. The smallest absolute Gasteiger partial charge is 0.394 e. The zero-order chi connectivity index (χ0) is 29.5. The average molecular weight is 607 g/mol. The molecule has 39 heavy (non-hydrogen) atoms. The van der Waals surface area contributed by atoms with Crippen LogP contribution in [-0.2, 0) is 48.3 Å². The SMILES string of the molecule is CC(=O)NC1[C@@H](O[P@@](=O)(O)O[P@@](=O)(O)OC[C@@H](OCn2ccc(=O)[nH]c2=O)[C@H](O)CO)OC(C=O)[C@@H](O)[C@@H]1O. The molecule has 0 spiro atoms. The van der Waals surface area contributed by atoms with E-state index in [4.69, 9.17) is 9.47 Å². The molecule has 2 rings (SSSR count). The summed E-state index contributed by atoms with van der Waals surface area (Å²) in [5.41, 5.74) is -1.62. The molecule has 9 atom stereocenters. The van der Waals surface area contributed by atoms with Gasteiger partial charge in [-0.15, -0.1) is 0 Å². The Morgan fingerprint density at radius 3 is 2.49 bits per heavy atom. The van der Waals surface area contributed by atoms with Gasteiger partial charge in [-0.05, 0) is 0 Å². The molecule has 1 saturated heterocycles. The lowest BCUT2D eigenvalue weighted by atomic mass is 9.97. The summed E-state index contributed by atoms with van der Waals surface area (Å²) in [7, 11) is -11.2. The highest BCUT2D eigenvalue weighted by molar-refractivity contribution is 7.61. The molecule has 1 fully saturated rings. The lowest BCUT2D eigenvalue weighted by Gasteiger charge is -2.40. The Kier molecular flexibility index (Phi) is 11.8. The maximum atomic E-state index is 12.4. The molecule has 20 nitrogen and oxygen atoms in total. The van der Waals surface area contributed by atoms with Gasteiger partial charge in [-0.1, -0.05) is 0 Å². The van der Waals surface area contributed by atoms with Crippen LogP contribution in [0.2, 0.25) is 0 Å². The van der Waals surface area contributed by atoms with Crippen molar-refractivity contribution in [2.45, 2.75) is 56.5 Å². The van der Waals surface area contributed by atoms with Crippen molar-refractivity contribution < 1.29 is 71.8 Å². The van der Waals surface area contributed by atoms with Crippen molar-refractivity contribution in [2.24, 2.45) is 0 Å². The first-order valence-corrected chi connectivity index (χ1v) is 13.7. The van der Waals surface area contributed by atoms with Gasteiger partial charge in [0.2, 0.25) is 5.91 Å². The number of phosphoric ester groups is 2. The number of hydrogen-bond donors (Lipinski definition) is 8. The summed E-state index contributed by atoms with van der Waals surface area (Å²) in [5, 5.41) is 41.2. The van der Waals surface area contributed by atoms with Crippen molar-refractivity contribution in [3.63, 3.8) is 0 Å². The molecule has 1 aliphatic rings. The quantitative estimate of drug-likeness (QED) is 0.0731.